The fourth-order valence-corrected chi connectivity index (χ4v) is 2.03. The molecule has 1 aromatic carbocycles. The van der Waals surface area contributed by atoms with Crippen LogP contribution in [0.2, 0.25) is 0 Å². The number of benzene rings is 1. The van der Waals surface area contributed by atoms with Gasteiger partial charge in [-0.1, -0.05) is 12.1 Å². The van der Waals surface area contributed by atoms with E-state index in [2.05, 4.69) is 20.9 Å². The van der Waals surface area contributed by atoms with Crippen molar-refractivity contribution in [2.75, 3.05) is 0 Å². The van der Waals surface area contributed by atoms with Crippen LogP contribution in [0, 0.1) is 0 Å². The lowest BCUT2D eigenvalue weighted by atomic mass is 10.0. The summed E-state index contributed by atoms with van der Waals surface area (Å²) in [6, 6.07) is 6.20. The fraction of sp³-hybridized carbons (Fsp3) is 0.143. The Morgan fingerprint density at radius 1 is 1.15 bits per heavy atom. The third kappa shape index (κ3) is 3.66. The molecule has 0 atom stereocenters. The van der Waals surface area contributed by atoms with Crippen LogP contribution in [-0.2, 0) is 12.6 Å². The Morgan fingerprint density at radius 2 is 1.80 bits per heavy atom. The number of rotatable bonds is 3. The van der Waals surface area contributed by atoms with Crippen molar-refractivity contribution in [2.45, 2.75) is 12.6 Å². The molecule has 0 aliphatic carbocycles. The maximum Gasteiger partial charge on any atom is 0.416 e. The number of nitrogens with zero attached hydrogens (tertiary/aromatic N) is 1. The average molecular weight is 344 g/mol. The molecule has 2 rings (SSSR count). The van der Waals surface area contributed by atoms with E-state index in [1.807, 2.05) is 0 Å². The molecular weight excluding hydrogens is 335 g/mol. The highest BCUT2D eigenvalue weighted by molar-refractivity contribution is 9.10. The SMILES string of the molecule is O=C(Cc1ccc(C(F)(F)F)cc1)c1cncc(Br)c1. The van der Waals surface area contributed by atoms with Crippen LogP contribution >= 0.6 is 15.9 Å². The normalized spacial score (nSPS) is 11.4. The number of carbonyl (C=O) groups excluding carboxylic acids is 1. The Hall–Kier alpha value is -1.69. The quantitative estimate of drug-likeness (QED) is 0.778. The van der Waals surface area contributed by atoms with E-state index in [4.69, 9.17) is 0 Å². The van der Waals surface area contributed by atoms with E-state index < -0.39 is 11.7 Å². The predicted molar refractivity (Wildman–Crippen MR) is 71.4 cm³/mol. The summed E-state index contributed by atoms with van der Waals surface area (Å²) in [7, 11) is 0. The maximum absolute atomic E-state index is 12.4. The highest BCUT2D eigenvalue weighted by atomic mass is 79.9. The molecule has 0 bridgehead atoms. The van der Waals surface area contributed by atoms with E-state index in [1.165, 1.54) is 18.3 Å². The Labute approximate surface area is 121 Å². The van der Waals surface area contributed by atoms with Crippen molar-refractivity contribution in [3.05, 3.63) is 63.9 Å². The summed E-state index contributed by atoms with van der Waals surface area (Å²) < 4.78 is 37.9. The van der Waals surface area contributed by atoms with Crippen LogP contribution in [0.15, 0.2) is 47.2 Å². The molecule has 2 nitrogen and oxygen atoms in total. The summed E-state index contributed by atoms with van der Waals surface area (Å²) in [4.78, 5) is 15.8. The molecular formula is C14H9BrF3NO. The number of carbonyl (C=O) groups is 1. The van der Waals surface area contributed by atoms with Crippen molar-refractivity contribution in [3.8, 4) is 0 Å². The fourth-order valence-electron chi connectivity index (χ4n) is 1.66. The zero-order valence-corrected chi connectivity index (χ0v) is 11.7. The van der Waals surface area contributed by atoms with Crippen molar-refractivity contribution >= 4 is 21.7 Å². The molecule has 6 heteroatoms. The van der Waals surface area contributed by atoms with Gasteiger partial charge in [0.1, 0.15) is 0 Å². The largest absolute Gasteiger partial charge is 0.416 e. The molecule has 104 valence electrons. The second-order valence-corrected chi connectivity index (χ2v) is 5.10. The topological polar surface area (TPSA) is 30.0 Å². The van der Waals surface area contributed by atoms with Gasteiger partial charge >= 0.3 is 6.18 Å². The highest BCUT2D eigenvalue weighted by Crippen LogP contribution is 2.29. The van der Waals surface area contributed by atoms with Crippen LogP contribution < -0.4 is 0 Å². The molecule has 20 heavy (non-hydrogen) atoms. The minimum absolute atomic E-state index is 0.0380. The van der Waals surface area contributed by atoms with Gasteiger partial charge in [0.2, 0.25) is 0 Å². The van der Waals surface area contributed by atoms with Crippen LogP contribution in [0.25, 0.3) is 0 Å². The number of halogens is 4. The summed E-state index contributed by atoms with van der Waals surface area (Å²) in [5, 5.41) is 0. The van der Waals surface area contributed by atoms with Gasteiger partial charge in [0.25, 0.3) is 0 Å². The molecule has 0 N–H and O–H groups in total. The van der Waals surface area contributed by atoms with Gasteiger partial charge in [0.15, 0.2) is 5.78 Å². The van der Waals surface area contributed by atoms with Crippen molar-refractivity contribution in [1.29, 1.82) is 0 Å². The number of alkyl halides is 3. The molecule has 0 unspecified atom stereocenters. The Bertz CT molecular complexity index is 623. The minimum Gasteiger partial charge on any atom is -0.294 e. The second-order valence-electron chi connectivity index (χ2n) is 4.19. The van der Waals surface area contributed by atoms with Gasteiger partial charge in [0, 0.05) is 28.9 Å². The molecule has 0 saturated heterocycles. The van der Waals surface area contributed by atoms with Gasteiger partial charge in [-0.3, -0.25) is 9.78 Å². The lowest BCUT2D eigenvalue weighted by Crippen LogP contribution is -2.07. The third-order valence-corrected chi connectivity index (χ3v) is 3.11. The molecule has 0 fully saturated rings. The number of aromatic nitrogens is 1. The van der Waals surface area contributed by atoms with Gasteiger partial charge in [-0.15, -0.1) is 0 Å². The number of hydrogen-bond donors (Lipinski definition) is 0. The van der Waals surface area contributed by atoms with Gasteiger partial charge < -0.3 is 0 Å². The predicted octanol–water partition coefficient (Wildman–Crippen LogP) is 4.29. The Morgan fingerprint density at radius 3 is 2.35 bits per heavy atom. The first-order valence-electron chi connectivity index (χ1n) is 5.66. The monoisotopic (exact) mass is 343 g/mol. The molecule has 1 aromatic heterocycles. The van der Waals surface area contributed by atoms with E-state index >= 15 is 0 Å². The van der Waals surface area contributed by atoms with Gasteiger partial charge in [0.05, 0.1) is 5.56 Å². The van der Waals surface area contributed by atoms with Crippen LogP contribution in [0.4, 0.5) is 13.2 Å². The van der Waals surface area contributed by atoms with Crippen molar-refractivity contribution < 1.29 is 18.0 Å². The van der Waals surface area contributed by atoms with Crippen molar-refractivity contribution in [3.63, 3.8) is 0 Å². The van der Waals surface area contributed by atoms with E-state index in [-0.39, 0.29) is 12.2 Å². The third-order valence-electron chi connectivity index (χ3n) is 2.67. The zero-order chi connectivity index (χ0) is 14.8. The maximum atomic E-state index is 12.4. The lowest BCUT2D eigenvalue weighted by molar-refractivity contribution is -0.137. The highest BCUT2D eigenvalue weighted by Gasteiger charge is 2.29. The van der Waals surface area contributed by atoms with E-state index in [9.17, 15) is 18.0 Å². The first-order valence-corrected chi connectivity index (χ1v) is 6.45. The summed E-state index contributed by atoms with van der Waals surface area (Å²) in [5.74, 6) is -0.196. The van der Waals surface area contributed by atoms with Crippen molar-refractivity contribution in [1.82, 2.24) is 4.98 Å². The molecule has 0 amide bonds. The average Bonchev–Trinajstić information content (AvgIpc) is 2.38. The summed E-state index contributed by atoms with van der Waals surface area (Å²) >= 11 is 3.21. The minimum atomic E-state index is -4.36. The first-order chi connectivity index (χ1) is 9.36. The van der Waals surface area contributed by atoms with Crippen LogP contribution in [0.5, 0.6) is 0 Å². The molecule has 0 saturated carbocycles. The first kappa shape index (κ1) is 14.7. The van der Waals surface area contributed by atoms with Gasteiger partial charge in [-0.05, 0) is 39.7 Å². The molecule has 0 spiro atoms. The van der Waals surface area contributed by atoms with Gasteiger partial charge in [-0.2, -0.15) is 13.2 Å². The number of Topliss-reactive ketones (excluding diaryl/α,β-unsaturated/α-hetero) is 1. The molecule has 1 heterocycles. The lowest BCUT2D eigenvalue weighted by Gasteiger charge is -2.07. The van der Waals surface area contributed by atoms with Crippen LogP contribution in [0.1, 0.15) is 21.5 Å². The number of hydrogen-bond acceptors (Lipinski definition) is 2. The summed E-state index contributed by atoms with van der Waals surface area (Å²) in [6.07, 6.45) is -1.35. The number of pyridine rings is 1. The smallest absolute Gasteiger partial charge is 0.294 e. The number of ketones is 1. The van der Waals surface area contributed by atoms with Crippen LogP contribution in [0.3, 0.4) is 0 Å². The van der Waals surface area contributed by atoms with Gasteiger partial charge in [-0.25, -0.2) is 0 Å². The molecule has 0 aliphatic rings. The van der Waals surface area contributed by atoms with E-state index in [0.717, 1.165) is 12.1 Å². The van der Waals surface area contributed by atoms with E-state index in [0.29, 0.717) is 15.6 Å². The Kier molecular flexibility index (Phi) is 4.23. The second kappa shape index (κ2) is 5.75. The molecule has 0 radical (unpaired) electrons. The van der Waals surface area contributed by atoms with Crippen molar-refractivity contribution in [2.24, 2.45) is 0 Å². The molecule has 2 aromatic rings. The summed E-state index contributed by atoms with van der Waals surface area (Å²) in [5.41, 5.74) is 0.222. The standard InChI is InChI=1S/C14H9BrF3NO/c15-12-6-10(7-19-8-12)13(20)5-9-1-3-11(4-2-9)14(16,17)18/h1-4,6-8H,5H2. The van der Waals surface area contributed by atoms with E-state index in [1.54, 1.807) is 12.3 Å². The zero-order valence-electron chi connectivity index (χ0n) is 10.1. The Balaban J connectivity index is 2.12. The summed E-state index contributed by atoms with van der Waals surface area (Å²) in [6.45, 7) is 0. The van der Waals surface area contributed by atoms with Crippen LogP contribution in [-0.4, -0.2) is 10.8 Å². The molecule has 0 aliphatic heterocycles.